The summed E-state index contributed by atoms with van der Waals surface area (Å²) in [6.45, 7) is 17.9. The number of carbonyl (C=O) groups excluding carboxylic acids is 1. The third kappa shape index (κ3) is 3.50. The highest BCUT2D eigenvalue weighted by atomic mass is 16.6. The Morgan fingerprint density at radius 2 is 1.71 bits per heavy atom. The van der Waals surface area contributed by atoms with Crippen LogP contribution in [0.5, 0.6) is 0 Å². The van der Waals surface area contributed by atoms with E-state index in [0.717, 1.165) is 38.5 Å². The molecule has 7 aliphatic rings. The van der Waals surface area contributed by atoms with Crippen LogP contribution in [0, 0.1) is 50.2 Å². The topological polar surface area (TPSA) is 93.1 Å². The molecule has 2 N–H and O–H groups in total. The summed E-state index contributed by atoms with van der Waals surface area (Å²) in [7, 11) is 0. The summed E-state index contributed by atoms with van der Waals surface area (Å²) in [6.07, 6.45) is 10.9. The van der Waals surface area contributed by atoms with E-state index in [1.165, 1.54) is 5.57 Å². The Balaban J connectivity index is 1.44. The molecule has 2 saturated heterocycles. The van der Waals surface area contributed by atoms with Crippen LogP contribution in [-0.4, -0.2) is 40.6 Å². The normalized spacial score (nSPS) is 49.5. The van der Waals surface area contributed by atoms with Gasteiger partial charge in [0.05, 0.1) is 6.61 Å². The van der Waals surface area contributed by atoms with Crippen molar-refractivity contribution in [2.75, 3.05) is 6.61 Å². The Morgan fingerprint density at radius 1 is 1.00 bits per heavy atom. The number of ether oxygens (including phenoxy) is 2. The van der Waals surface area contributed by atoms with Gasteiger partial charge < -0.3 is 19.7 Å². The van der Waals surface area contributed by atoms with E-state index in [4.69, 9.17) is 9.47 Å². The molecular formula is C35H52O6. The minimum absolute atomic E-state index is 0.000216. The molecule has 0 amide bonds. The van der Waals surface area contributed by atoms with Crippen molar-refractivity contribution in [3.63, 3.8) is 0 Å². The van der Waals surface area contributed by atoms with Gasteiger partial charge in [0.15, 0.2) is 5.79 Å². The van der Waals surface area contributed by atoms with Crippen LogP contribution in [0.2, 0.25) is 0 Å². The zero-order valence-electron chi connectivity index (χ0n) is 26.6. The molecule has 1 spiro atoms. The van der Waals surface area contributed by atoms with Gasteiger partial charge in [-0.15, -0.1) is 0 Å². The number of rotatable bonds is 3. The number of carboxylic acid groups (broad SMARTS) is 1. The summed E-state index contributed by atoms with van der Waals surface area (Å²) < 4.78 is 12.5. The molecular weight excluding hydrogens is 516 g/mol. The Hall–Kier alpha value is -1.66. The van der Waals surface area contributed by atoms with E-state index in [1.54, 1.807) is 13.0 Å². The summed E-state index contributed by atoms with van der Waals surface area (Å²) >= 11 is 0. The highest BCUT2D eigenvalue weighted by Gasteiger charge is 2.75. The molecule has 0 radical (unpaired) electrons. The number of esters is 1. The largest absolute Gasteiger partial charge is 0.481 e. The minimum Gasteiger partial charge on any atom is -0.481 e. The van der Waals surface area contributed by atoms with E-state index < -0.39 is 29.2 Å². The zero-order chi connectivity index (χ0) is 30.0. The Bertz CT molecular complexity index is 1220. The molecule has 2 bridgehead atoms. The van der Waals surface area contributed by atoms with Crippen molar-refractivity contribution in [1.82, 2.24) is 0 Å². The van der Waals surface area contributed by atoms with E-state index in [1.807, 2.05) is 6.92 Å². The molecule has 0 aromatic rings. The first-order valence-corrected chi connectivity index (χ1v) is 16.1. The average Bonchev–Trinajstić information content (AvgIpc) is 2.88. The highest BCUT2D eigenvalue weighted by Crippen LogP contribution is 2.78. The van der Waals surface area contributed by atoms with Gasteiger partial charge in [-0.3, -0.25) is 4.79 Å². The van der Waals surface area contributed by atoms with Crippen LogP contribution in [0.4, 0.5) is 0 Å². The van der Waals surface area contributed by atoms with Gasteiger partial charge >= 0.3 is 11.9 Å². The maximum atomic E-state index is 13.4. The third-order valence-corrected chi connectivity index (χ3v) is 14.5. The van der Waals surface area contributed by atoms with Gasteiger partial charge in [-0.1, -0.05) is 59.3 Å². The Kier molecular flexibility index (Phi) is 6.25. The first-order valence-electron chi connectivity index (χ1n) is 16.1. The van der Waals surface area contributed by atoms with Gasteiger partial charge in [0.2, 0.25) is 0 Å². The van der Waals surface area contributed by atoms with Gasteiger partial charge in [0.1, 0.15) is 11.5 Å². The van der Waals surface area contributed by atoms with Crippen molar-refractivity contribution in [2.45, 2.75) is 125 Å². The summed E-state index contributed by atoms with van der Waals surface area (Å²) in [5.41, 5.74) is 0.153. The first-order chi connectivity index (χ1) is 18.9. The highest BCUT2D eigenvalue weighted by molar-refractivity contribution is 5.88. The molecule has 4 saturated carbocycles. The summed E-state index contributed by atoms with van der Waals surface area (Å²) in [5, 5.41) is 22.4. The number of carbonyl (C=O) groups is 2. The van der Waals surface area contributed by atoms with Crippen molar-refractivity contribution < 1.29 is 29.3 Å². The predicted octanol–water partition coefficient (Wildman–Crippen LogP) is 7.06. The number of hydrogen-bond donors (Lipinski definition) is 2. The second-order valence-electron chi connectivity index (χ2n) is 16.7. The van der Waals surface area contributed by atoms with Crippen molar-refractivity contribution in [1.29, 1.82) is 0 Å². The van der Waals surface area contributed by atoms with E-state index >= 15 is 0 Å². The summed E-state index contributed by atoms with van der Waals surface area (Å²) in [5.74, 6) is -1.60. The summed E-state index contributed by atoms with van der Waals surface area (Å²) in [4.78, 5) is 26.4. The minimum atomic E-state index is -1.11. The number of carboxylic acids is 1. The van der Waals surface area contributed by atoms with Crippen molar-refractivity contribution in [2.24, 2.45) is 50.2 Å². The number of hydrogen-bond acceptors (Lipinski definition) is 5. The molecule has 0 aromatic carbocycles. The fraction of sp³-hybridized carbons (Fsp3) is 0.829. The fourth-order valence-electron chi connectivity index (χ4n) is 11.7. The van der Waals surface area contributed by atoms with E-state index in [0.29, 0.717) is 43.3 Å². The van der Waals surface area contributed by atoms with Crippen LogP contribution < -0.4 is 0 Å². The van der Waals surface area contributed by atoms with Crippen molar-refractivity contribution >= 4 is 11.9 Å². The molecule has 2 unspecified atom stereocenters. The van der Waals surface area contributed by atoms with Crippen LogP contribution in [0.1, 0.15) is 113 Å². The molecule has 7 rings (SSSR count). The van der Waals surface area contributed by atoms with Crippen molar-refractivity contribution in [3.8, 4) is 0 Å². The SMILES string of the molecule is C/C=C(/C)C(=O)OC1CC(C)(C)C[C@H]2C3=CC[C@@H]4[C@]56CCC(O)(OC5)C(C)(C)[C@@H]6CC[C@@]4(C)[C@]3(C)CC[C@@]12C(=O)O. The van der Waals surface area contributed by atoms with Gasteiger partial charge in [0.25, 0.3) is 0 Å². The molecule has 2 aliphatic heterocycles. The number of fused-ring (bicyclic) bond motifs is 7. The van der Waals surface area contributed by atoms with Gasteiger partial charge in [-0.2, -0.15) is 0 Å². The quantitative estimate of drug-likeness (QED) is 0.215. The second kappa shape index (κ2) is 8.71. The van der Waals surface area contributed by atoms with Gasteiger partial charge in [-0.25, -0.2) is 4.79 Å². The molecule has 6 nitrogen and oxygen atoms in total. The molecule has 5 aliphatic carbocycles. The van der Waals surface area contributed by atoms with Crippen LogP contribution >= 0.6 is 0 Å². The first kappa shape index (κ1) is 29.4. The number of allylic oxidation sites excluding steroid dienone is 3. The van der Waals surface area contributed by atoms with Crippen LogP contribution in [0.3, 0.4) is 0 Å². The number of aliphatic carboxylic acids is 1. The third-order valence-electron chi connectivity index (χ3n) is 14.5. The second-order valence-corrected chi connectivity index (χ2v) is 16.7. The standard InChI is InChI=1S/C35H52O6/c1-9-21(2)27(36)41-26-19-29(3,4)18-23-22-10-11-25-32(8,31(22,7)14-16-34(23,26)28(37)38)13-12-24-30(5,6)35(39)17-15-33(24,25)20-40-35/h9-10,23-26,39H,11-20H2,1-8H3,(H,37,38)/b21-9-/t23-,24-,25-,26?,31+,32+,33+,34-,35?/m0/s1. The monoisotopic (exact) mass is 568 g/mol. The molecule has 6 heteroatoms. The average molecular weight is 569 g/mol. The molecule has 228 valence electrons. The molecule has 6 fully saturated rings. The van der Waals surface area contributed by atoms with Crippen LogP contribution in [0.25, 0.3) is 0 Å². The van der Waals surface area contributed by atoms with Gasteiger partial charge in [-0.05, 0) is 93.3 Å². The molecule has 0 aromatic heterocycles. The van der Waals surface area contributed by atoms with E-state index in [2.05, 4.69) is 47.6 Å². The lowest BCUT2D eigenvalue weighted by Crippen LogP contribution is -2.73. The van der Waals surface area contributed by atoms with Crippen LogP contribution in [0.15, 0.2) is 23.3 Å². The molecule has 2 heterocycles. The summed E-state index contributed by atoms with van der Waals surface area (Å²) in [6, 6.07) is 0. The van der Waals surface area contributed by atoms with Gasteiger partial charge in [0, 0.05) is 28.7 Å². The van der Waals surface area contributed by atoms with E-state index in [-0.39, 0.29) is 33.0 Å². The number of aliphatic hydroxyl groups is 1. The zero-order valence-corrected chi connectivity index (χ0v) is 26.6. The van der Waals surface area contributed by atoms with Crippen LogP contribution in [-0.2, 0) is 19.1 Å². The lowest BCUT2D eigenvalue weighted by Gasteiger charge is -2.74. The fourth-order valence-corrected chi connectivity index (χ4v) is 11.7. The Morgan fingerprint density at radius 3 is 2.32 bits per heavy atom. The lowest BCUT2D eigenvalue weighted by atomic mass is 9.32. The lowest BCUT2D eigenvalue weighted by molar-refractivity contribution is -0.395. The maximum absolute atomic E-state index is 13.4. The predicted molar refractivity (Wildman–Crippen MR) is 157 cm³/mol. The van der Waals surface area contributed by atoms with Crippen molar-refractivity contribution in [3.05, 3.63) is 23.3 Å². The molecule has 9 atom stereocenters. The molecule has 41 heavy (non-hydrogen) atoms. The van der Waals surface area contributed by atoms with E-state index in [9.17, 15) is 19.8 Å². The smallest absolute Gasteiger partial charge is 0.333 e. The maximum Gasteiger partial charge on any atom is 0.333 e. The Labute approximate surface area is 246 Å².